The van der Waals surface area contributed by atoms with E-state index in [1.165, 1.54) is 0 Å². The second-order valence-electron chi connectivity index (χ2n) is 12.2. The van der Waals surface area contributed by atoms with Crippen LogP contribution in [0.5, 0.6) is 0 Å². The molecular weight excluding hydrogens is 448 g/mol. The summed E-state index contributed by atoms with van der Waals surface area (Å²) >= 11 is 0. The molecule has 0 aromatic carbocycles. The molecule has 2 saturated carbocycles. The van der Waals surface area contributed by atoms with Gasteiger partial charge in [0.2, 0.25) is 0 Å². The van der Waals surface area contributed by atoms with Crippen molar-refractivity contribution in [2.45, 2.75) is 90.3 Å². The Kier molecular flexibility index (Phi) is 5.74. The van der Waals surface area contributed by atoms with Crippen molar-refractivity contribution >= 4 is 18.0 Å². The molecule has 3 fully saturated rings. The normalized spacial score (nSPS) is 47.9. The molecule has 7 heteroatoms. The van der Waals surface area contributed by atoms with Gasteiger partial charge in [0.05, 0.1) is 17.6 Å². The summed E-state index contributed by atoms with van der Waals surface area (Å²) in [5.74, 6) is -0.722. The number of rotatable bonds is 7. The topological polar surface area (TPSA) is 113 Å². The maximum atomic E-state index is 13.3. The molecule has 0 aromatic heterocycles. The number of aliphatic hydroxyl groups is 2. The number of fused-ring (bicyclic) bond motifs is 8. The number of carbonyl (C=O) groups is 3. The first-order valence-electron chi connectivity index (χ1n) is 13.0. The standard InChI is InChI=1S/C28H38O7/c1-14(16(3)30)11-20(34-13-29)15(2)18-12-19(31)23-22-17(8-10-26(18,23)4)27(5)21(32)7-6-9-28(27,33)25-24(22)35-25/h6-7,12-15,17,19-20,22-25,31,33H,8-11H2,1-5H3/t14?,15-,17-,19-,20?,22+,23-,24-,25-,26+,27-,28-/m0/s1. The first-order chi connectivity index (χ1) is 16.4. The van der Waals surface area contributed by atoms with Crippen LogP contribution in [0.3, 0.4) is 0 Å². The van der Waals surface area contributed by atoms with Crippen LogP contribution < -0.4 is 0 Å². The maximum absolute atomic E-state index is 13.3. The summed E-state index contributed by atoms with van der Waals surface area (Å²) in [6, 6.07) is 0. The molecule has 35 heavy (non-hydrogen) atoms. The monoisotopic (exact) mass is 486 g/mol. The number of allylic oxidation sites excluding steroid dienone is 1. The lowest BCUT2D eigenvalue weighted by Crippen LogP contribution is -2.68. The summed E-state index contributed by atoms with van der Waals surface area (Å²) in [4.78, 5) is 36.5. The third kappa shape index (κ3) is 3.23. The van der Waals surface area contributed by atoms with E-state index in [1.807, 2.05) is 26.8 Å². The van der Waals surface area contributed by atoms with Gasteiger partial charge < -0.3 is 19.7 Å². The van der Waals surface area contributed by atoms with Gasteiger partial charge in [-0.15, -0.1) is 0 Å². The Morgan fingerprint density at radius 2 is 2.06 bits per heavy atom. The molecule has 5 rings (SSSR count). The molecule has 192 valence electrons. The Labute approximate surface area is 206 Å². The lowest BCUT2D eigenvalue weighted by atomic mass is 9.43. The minimum atomic E-state index is -1.21. The average molecular weight is 487 g/mol. The molecule has 12 atom stereocenters. The highest BCUT2D eigenvalue weighted by Gasteiger charge is 2.77. The molecule has 0 spiro atoms. The van der Waals surface area contributed by atoms with Crippen LogP contribution in [-0.4, -0.2) is 58.3 Å². The van der Waals surface area contributed by atoms with E-state index >= 15 is 0 Å². The Bertz CT molecular complexity index is 1000. The van der Waals surface area contributed by atoms with Crippen molar-refractivity contribution in [3.05, 3.63) is 23.8 Å². The summed E-state index contributed by atoms with van der Waals surface area (Å²) in [6.45, 7) is 9.90. The van der Waals surface area contributed by atoms with E-state index < -0.39 is 29.3 Å². The van der Waals surface area contributed by atoms with Crippen LogP contribution in [-0.2, 0) is 23.9 Å². The van der Waals surface area contributed by atoms with Gasteiger partial charge in [-0.1, -0.05) is 38.5 Å². The van der Waals surface area contributed by atoms with E-state index in [2.05, 4.69) is 6.92 Å². The number of aliphatic hydroxyl groups excluding tert-OH is 1. The first-order valence-corrected chi connectivity index (χ1v) is 13.0. The van der Waals surface area contributed by atoms with E-state index in [0.29, 0.717) is 19.3 Å². The van der Waals surface area contributed by atoms with E-state index in [4.69, 9.17) is 9.47 Å². The van der Waals surface area contributed by atoms with Crippen LogP contribution in [0.2, 0.25) is 0 Å². The fourth-order valence-corrected chi connectivity index (χ4v) is 8.51. The number of carbonyl (C=O) groups excluding carboxylic acids is 3. The lowest BCUT2D eigenvalue weighted by molar-refractivity contribution is -0.183. The largest absolute Gasteiger partial charge is 0.464 e. The Morgan fingerprint density at radius 1 is 1.34 bits per heavy atom. The third-order valence-electron chi connectivity index (χ3n) is 10.8. The van der Waals surface area contributed by atoms with E-state index in [1.54, 1.807) is 19.1 Å². The quantitative estimate of drug-likeness (QED) is 0.323. The highest BCUT2D eigenvalue weighted by Crippen LogP contribution is 2.70. The van der Waals surface area contributed by atoms with Gasteiger partial charge in [0.25, 0.3) is 6.47 Å². The molecule has 5 aliphatic rings. The molecule has 7 nitrogen and oxygen atoms in total. The molecule has 0 radical (unpaired) electrons. The fraction of sp³-hybridized carbons (Fsp3) is 0.750. The van der Waals surface area contributed by atoms with Gasteiger partial charge in [0, 0.05) is 17.8 Å². The molecule has 0 aromatic rings. The van der Waals surface area contributed by atoms with Crippen LogP contribution in [0.1, 0.15) is 60.3 Å². The van der Waals surface area contributed by atoms with Crippen molar-refractivity contribution in [1.82, 2.24) is 0 Å². The van der Waals surface area contributed by atoms with Gasteiger partial charge in [-0.25, -0.2) is 0 Å². The van der Waals surface area contributed by atoms with Crippen molar-refractivity contribution in [1.29, 1.82) is 0 Å². The summed E-state index contributed by atoms with van der Waals surface area (Å²) in [5.41, 5.74) is -1.47. The van der Waals surface area contributed by atoms with Gasteiger partial charge in [-0.2, -0.15) is 0 Å². The molecule has 0 bridgehead atoms. The van der Waals surface area contributed by atoms with Gasteiger partial charge in [0.1, 0.15) is 23.6 Å². The van der Waals surface area contributed by atoms with Crippen LogP contribution >= 0.6 is 0 Å². The van der Waals surface area contributed by atoms with Gasteiger partial charge in [0.15, 0.2) is 5.78 Å². The summed E-state index contributed by atoms with van der Waals surface area (Å²) in [6.07, 6.45) is 5.83. The molecular formula is C28H38O7. The minimum absolute atomic E-state index is 0.0489. The van der Waals surface area contributed by atoms with Crippen molar-refractivity contribution < 1.29 is 34.1 Å². The second-order valence-corrected chi connectivity index (χ2v) is 12.2. The van der Waals surface area contributed by atoms with Crippen molar-refractivity contribution in [2.75, 3.05) is 0 Å². The zero-order chi connectivity index (χ0) is 25.5. The predicted molar refractivity (Wildman–Crippen MR) is 127 cm³/mol. The molecule has 1 aliphatic heterocycles. The molecule has 2 unspecified atom stereocenters. The Hall–Kier alpha value is -1.83. The van der Waals surface area contributed by atoms with E-state index in [0.717, 1.165) is 18.4 Å². The average Bonchev–Trinajstić information content (AvgIpc) is 3.56. The number of ketones is 2. The second kappa shape index (κ2) is 8.09. The summed E-state index contributed by atoms with van der Waals surface area (Å²) < 4.78 is 11.6. The van der Waals surface area contributed by atoms with E-state index in [9.17, 15) is 24.6 Å². The van der Waals surface area contributed by atoms with Crippen LogP contribution in [0.15, 0.2) is 23.8 Å². The van der Waals surface area contributed by atoms with Crippen LogP contribution in [0.4, 0.5) is 0 Å². The van der Waals surface area contributed by atoms with Crippen molar-refractivity contribution in [2.24, 2.45) is 40.4 Å². The first kappa shape index (κ1) is 24.8. The number of Topliss-reactive ketones (excluding diaryl/α,β-unsaturated/α-hetero) is 1. The third-order valence-corrected chi connectivity index (χ3v) is 10.8. The van der Waals surface area contributed by atoms with Crippen molar-refractivity contribution in [3.63, 3.8) is 0 Å². The number of ether oxygens (including phenoxy) is 2. The molecule has 1 heterocycles. The smallest absolute Gasteiger partial charge is 0.293 e. The number of epoxide rings is 1. The SMILES string of the molecule is CC(=O)C(C)CC(OC=O)[C@@H](C)C1=C[C@H](O)[C@H]2[C@@H]3[C@@H]4O[C@@H]4[C@@]4(O)CC=CC(=O)[C@]4(C)[C@H]3CC[C@]12C. The Morgan fingerprint density at radius 3 is 2.71 bits per heavy atom. The highest BCUT2D eigenvalue weighted by molar-refractivity contribution is 5.97. The number of hydrogen-bond acceptors (Lipinski definition) is 7. The van der Waals surface area contributed by atoms with Crippen LogP contribution in [0, 0.1) is 40.4 Å². The zero-order valence-corrected chi connectivity index (χ0v) is 21.3. The van der Waals surface area contributed by atoms with Gasteiger partial charge >= 0.3 is 0 Å². The maximum Gasteiger partial charge on any atom is 0.293 e. The van der Waals surface area contributed by atoms with Crippen LogP contribution in [0.25, 0.3) is 0 Å². The molecule has 0 amide bonds. The molecule has 1 saturated heterocycles. The van der Waals surface area contributed by atoms with E-state index in [-0.39, 0.29) is 52.7 Å². The molecule has 2 N–H and O–H groups in total. The fourth-order valence-electron chi connectivity index (χ4n) is 8.51. The van der Waals surface area contributed by atoms with Gasteiger partial charge in [-0.3, -0.25) is 14.4 Å². The van der Waals surface area contributed by atoms with Crippen molar-refractivity contribution in [3.8, 4) is 0 Å². The number of hydrogen-bond donors (Lipinski definition) is 2. The highest BCUT2D eigenvalue weighted by atomic mass is 16.6. The van der Waals surface area contributed by atoms with Gasteiger partial charge in [-0.05, 0) is 62.9 Å². The summed E-state index contributed by atoms with van der Waals surface area (Å²) in [5, 5.41) is 23.1. The minimum Gasteiger partial charge on any atom is -0.464 e. The lowest BCUT2D eigenvalue weighted by Gasteiger charge is -2.60. The molecule has 4 aliphatic carbocycles. The summed E-state index contributed by atoms with van der Waals surface area (Å²) in [7, 11) is 0. The Balaban J connectivity index is 1.47. The predicted octanol–water partition coefficient (Wildman–Crippen LogP) is 2.78. The zero-order valence-electron chi connectivity index (χ0n) is 21.3.